The predicted molar refractivity (Wildman–Crippen MR) is 92.1 cm³/mol. The molecule has 4 atom stereocenters. The quantitative estimate of drug-likeness (QED) is 0.788. The van der Waals surface area contributed by atoms with Gasteiger partial charge in [0.1, 0.15) is 0 Å². The van der Waals surface area contributed by atoms with Crippen molar-refractivity contribution < 1.29 is 0 Å². The number of hydrogen-bond donors (Lipinski definition) is 1. The van der Waals surface area contributed by atoms with Gasteiger partial charge in [0, 0.05) is 27.5 Å². The molecular formula is C18H22ClNS. The predicted octanol–water partition coefficient (Wildman–Crippen LogP) is 5.47. The van der Waals surface area contributed by atoms with Crippen LogP contribution in [0.1, 0.15) is 37.5 Å². The summed E-state index contributed by atoms with van der Waals surface area (Å²) in [5, 5.41) is 5.90. The topological polar surface area (TPSA) is 12.0 Å². The van der Waals surface area contributed by atoms with Crippen LogP contribution in [0.15, 0.2) is 24.3 Å². The number of fused-ring (bicyclic) bond motifs is 3. The third kappa shape index (κ3) is 2.52. The SMILES string of the molecule is CC(NCc1sc2ccccc2c1Cl)C1CC2CCC1C2. The van der Waals surface area contributed by atoms with Gasteiger partial charge in [-0.2, -0.15) is 0 Å². The van der Waals surface area contributed by atoms with Crippen molar-refractivity contribution in [1.29, 1.82) is 0 Å². The van der Waals surface area contributed by atoms with E-state index in [0.29, 0.717) is 6.04 Å². The lowest BCUT2D eigenvalue weighted by Crippen LogP contribution is -2.35. The van der Waals surface area contributed by atoms with E-state index in [2.05, 4.69) is 36.5 Å². The molecule has 2 bridgehead atoms. The van der Waals surface area contributed by atoms with E-state index in [1.54, 1.807) is 0 Å². The van der Waals surface area contributed by atoms with Gasteiger partial charge in [-0.3, -0.25) is 0 Å². The highest BCUT2D eigenvalue weighted by Crippen LogP contribution is 2.49. The molecule has 4 rings (SSSR count). The van der Waals surface area contributed by atoms with E-state index < -0.39 is 0 Å². The fraction of sp³-hybridized carbons (Fsp3) is 0.556. The van der Waals surface area contributed by atoms with Crippen molar-refractivity contribution in [1.82, 2.24) is 5.32 Å². The summed E-state index contributed by atoms with van der Waals surface area (Å²) >= 11 is 8.36. The average Bonchev–Trinajstić information content (AvgIpc) is 3.20. The van der Waals surface area contributed by atoms with E-state index in [4.69, 9.17) is 11.6 Å². The van der Waals surface area contributed by atoms with Gasteiger partial charge in [-0.25, -0.2) is 0 Å². The highest BCUT2D eigenvalue weighted by atomic mass is 35.5. The van der Waals surface area contributed by atoms with Crippen LogP contribution in [0.25, 0.3) is 10.1 Å². The lowest BCUT2D eigenvalue weighted by Gasteiger charge is -2.28. The molecule has 1 N–H and O–H groups in total. The highest BCUT2D eigenvalue weighted by Gasteiger charge is 2.41. The van der Waals surface area contributed by atoms with Crippen molar-refractivity contribution >= 4 is 33.0 Å². The maximum absolute atomic E-state index is 6.53. The standard InChI is InChI=1S/C18H22ClNS/c1-11(15-9-12-6-7-13(15)8-12)20-10-17-18(19)14-4-2-3-5-16(14)21-17/h2-5,11-13,15,20H,6-10H2,1H3. The minimum Gasteiger partial charge on any atom is -0.309 e. The molecular weight excluding hydrogens is 298 g/mol. The molecule has 1 nitrogen and oxygen atoms in total. The van der Waals surface area contributed by atoms with Crippen LogP contribution in [0.3, 0.4) is 0 Å². The third-order valence-electron chi connectivity index (χ3n) is 5.62. The minimum absolute atomic E-state index is 0.613. The molecule has 2 aromatic rings. The first kappa shape index (κ1) is 14.0. The number of rotatable bonds is 4. The monoisotopic (exact) mass is 319 g/mol. The number of benzene rings is 1. The van der Waals surface area contributed by atoms with Gasteiger partial charge >= 0.3 is 0 Å². The van der Waals surface area contributed by atoms with Crippen molar-refractivity contribution in [3.05, 3.63) is 34.2 Å². The second-order valence-electron chi connectivity index (χ2n) is 6.84. The number of halogens is 1. The van der Waals surface area contributed by atoms with Crippen LogP contribution < -0.4 is 5.32 Å². The molecule has 1 aromatic carbocycles. The van der Waals surface area contributed by atoms with Crippen molar-refractivity contribution in [2.24, 2.45) is 17.8 Å². The van der Waals surface area contributed by atoms with Crippen LogP contribution in [0, 0.1) is 17.8 Å². The number of nitrogens with one attached hydrogen (secondary N) is 1. The lowest BCUT2D eigenvalue weighted by molar-refractivity contribution is 0.260. The highest BCUT2D eigenvalue weighted by molar-refractivity contribution is 7.19. The summed E-state index contributed by atoms with van der Waals surface area (Å²) < 4.78 is 1.30. The maximum atomic E-state index is 6.53. The third-order valence-corrected chi connectivity index (χ3v) is 7.34. The molecule has 112 valence electrons. The molecule has 0 spiro atoms. The first-order chi connectivity index (χ1) is 10.2. The normalized spacial score (nSPS) is 29.3. The van der Waals surface area contributed by atoms with Gasteiger partial charge in [0.2, 0.25) is 0 Å². The Bertz CT molecular complexity index is 650. The molecule has 2 saturated carbocycles. The second-order valence-corrected chi connectivity index (χ2v) is 8.36. The van der Waals surface area contributed by atoms with Crippen LogP contribution in [0.2, 0.25) is 5.02 Å². The van der Waals surface area contributed by atoms with Gasteiger partial charge in [-0.15, -0.1) is 11.3 Å². The fourth-order valence-corrected chi connectivity index (χ4v) is 5.94. The Morgan fingerprint density at radius 1 is 1.29 bits per heavy atom. The molecule has 0 saturated heterocycles. The first-order valence-corrected chi connectivity index (χ1v) is 9.31. The van der Waals surface area contributed by atoms with Gasteiger partial charge in [-0.05, 0) is 50.0 Å². The fourth-order valence-electron chi connectivity index (χ4n) is 4.49. The Morgan fingerprint density at radius 2 is 2.14 bits per heavy atom. The summed E-state index contributed by atoms with van der Waals surface area (Å²) in [6.45, 7) is 3.28. The molecule has 2 aliphatic carbocycles. The Balaban J connectivity index is 1.44. The molecule has 2 fully saturated rings. The molecule has 0 amide bonds. The van der Waals surface area contributed by atoms with Gasteiger partial charge in [0.05, 0.1) is 5.02 Å². The van der Waals surface area contributed by atoms with E-state index in [1.807, 2.05) is 11.3 Å². The number of thiophene rings is 1. The van der Waals surface area contributed by atoms with Crippen LogP contribution in [-0.4, -0.2) is 6.04 Å². The van der Waals surface area contributed by atoms with Crippen LogP contribution in [-0.2, 0) is 6.54 Å². The Morgan fingerprint density at radius 3 is 2.86 bits per heavy atom. The molecule has 1 aromatic heterocycles. The van der Waals surface area contributed by atoms with Gasteiger partial charge < -0.3 is 5.32 Å². The summed E-state index contributed by atoms with van der Waals surface area (Å²) in [6.07, 6.45) is 5.88. The molecule has 3 heteroatoms. The minimum atomic E-state index is 0.613. The summed E-state index contributed by atoms with van der Waals surface area (Å²) in [5.74, 6) is 2.89. The summed E-state index contributed by atoms with van der Waals surface area (Å²) in [5.41, 5.74) is 0. The van der Waals surface area contributed by atoms with Gasteiger partial charge in [-0.1, -0.05) is 36.2 Å². The van der Waals surface area contributed by atoms with Gasteiger partial charge in [0.25, 0.3) is 0 Å². The molecule has 1 heterocycles. The Kier molecular flexibility index (Phi) is 3.72. The molecule has 0 aliphatic heterocycles. The van der Waals surface area contributed by atoms with Crippen molar-refractivity contribution in [3.63, 3.8) is 0 Å². The van der Waals surface area contributed by atoms with Crippen molar-refractivity contribution in [3.8, 4) is 0 Å². The zero-order chi connectivity index (χ0) is 14.4. The lowest BCUT2D eigenvalue weighted by atomic mass is 9.84. The van der Waals surface area contributed by atoms with Crippen LogP contribution >= 0.6 is 22.9 Å². The maximum Gasteiger partial charge on any atom is 0.0636 e. The molecule has 0 radical (unpaired) electrons. The van der Waals surface area contributed by atoms with E-state index in [0.717, 1.165) is 29.3 Å². The summed E-state index contributed by atoms with van der Waals surface area (Å²) in [4.78, 5) is 1.29. The number of hydrogen-bond acceptors (Lipinski definition) is 2. The zero-order valence-electron chi connectivity index (χ0n) is 12.4. The summed E-state index contributed by atoms with van der Waals surface area (Å²) in [7, 11) is 0. The zero-order valence-corrected chi connectivity index (χ0v) is 14.0. The van der Waals surface area contributed by atoms with E-state index in [9.17, 15) is 0 Å². The second kappa shape index (κ2) is 5.57. The molecule has 2 aliphatic rings. The molecule has 21 heavy (non-hydrogen) atoms. The van der Waals surface area contributed by atoms with E-state index in [-0.39, 0.29) is 0 Å². The van der Waals surface area contributed by atoms with E-state index >= 15 is 0 Å². The largest absolute Gasteiger partial charge is 0.309 e. The van der Waals surface area contributed by atoms with E-state index in [1.165, 1.54) is 40.6 Å². The Hall–Kier alpha value is -0.570. The van der Waals surface area contributed by atoms with Crippen LogP contribution in [0.5, 0.6) is 0 Å². The Labute approximate surface area is 135 Å². The van der Waals surface area contributed by atoms with Crippen LogP contribution in [0.4, 0.5) is 0 Å². The average molecular weight is 320 g/mol. The first-order valence-electron chi connectivity index (χ1n) is 8.11. The van der Waals surface area contributed by atoms with Crippen molar-refractivity contribution in [2.75, 3.05) is 0 Å². The smallest absolute Gasteiger partial charge is 0.0636 e. The van der Waals surface area contributed by atoms with Crippen molar-refractivity contribution in [2.45, 2.75) is 45.2 Å². The molecule has 4 unspecified atom stereocenters. The summed E-state index contributed by atoms with van der Waals surface area (Å²) in [6, 6.07) is 9.05. The van der Waals surface area contributed by atoms with Gasteiger partial charge in [0.15, 0.2) is 0 Å².